The summed E-state index contributed by atoms with van der Waals surface area (Å²) in [5, 5.41) is 16.8. The fraction of sp³-hybridized carbons (Fsp3) is 0.409. The number of nitrogens with zero attached hydrogens (tertiary/aromatic N) is 4. The number of nitrogens with one attached hydrogen (secondary N) is 1. The number of benzene rings is 1. The predicted octanol–water partition coefficient (Wildman–Crippen LogP) is 2.90. The zero-order chi connectivity index (χ0) is 22.5. The minimum atomic E-state index is -2.69. The molecule has 1 amide bonds. The number of fused-ring (bicyclic) bond motifs is 2. The van der Waals surface area contributed by atoms with E-state index < -0.39 is 17.4 Å². The number of carbonyl (C=O) groups excluding carboxylic acids is 1. The molecular formula is C22H23F2N5O3. The Morgan fingerprint density at radius 3 is 2.84 bits per heavy atom. The SMILES string of the molecule is C[C@]1(CO)Cc2cc(NC(=O)c3cnn4cccnc34)c(N3CCC(F)(F)CC3)cc2O1. The Morgan fingerprint density at radius 1 is 1.31 bits per heavy atom. The highest BCUT2D eigenvalue weighted by Gasteiger charge is 2.38. The van der Waals surface area contributed by atoms with Gasteiger partial charge in [-0.05, 0) is 19.1 Å². The predicted molar refractivity (Wildman–Crippen MR) is 114 cm³/mol. The number of amides is 1. The van der Waals surface area contributed by atoms with Crippen LogP contribution in [-0.2, 0) is 6.42 Å². The summed E-state index contributed by atoms with van der Waals surface area (Å²) >= 11 is 0. The average molecular weight is 443 g/mol. The van der Waals surface area contributed by atoms with Gasteiger partial charge in [0.15, 0.2) is 5.65 Å². The van der Waals surface area contributed by atoms with E-state index in [1.807, 2.05) is 4.90 Å². The maximum Gasteiger partial charge on any atom is 0.261 e. The Labute approximate surface area is 182 Å². The van der Waals surface area contributed by atoms with E-state index in [1.165, 1.54) is 10.7 Å². The molecule has 2 N–H and O–H groups in total. The molecule has 0 aliphatic carbocycles. The number of halogens is 2. The number of aliphatic hydroxyl groups excluding tert-OH is 1. The molecular weight excluding hydrogens is 420 g/mol. The van der Waals surface area contributed by atoms with Gasteiger partial charge in [-0.2, -0.15) is 5.10 Å². The van der Waals surface area contributed by atoms with Crippen LogP contribution in [-0.4, -0.2) is 56.8 Å². The third kappa shape index (κ3) is 3.64. The van der Waals surface area contributed by atoms with Crippen LogP contribution in [0.15, 0.2) is 36.8 Å². The molecule has 2 aliphatic rings. The standard InChI is InChI=1S/C22H23F2N5O3/c1-21(13-30)11-14-9-16(27-20(31)15-12-26-29-6-2-5-25-19(15)29)17(10-18(14)32-21)28-7-3-22(23,24)4-8-28/h2,5-6,9-10,12,30H,3-4,7-8,11,13H2,1H3,(H,27,31)/t21-/m1/s1. The highest BCUT2D eigenvalue weighted by molar-refractivity contribution is 6.09. The van der Waals surface area contributed by atoms with Gasteiger partial charge in [0.1, 0.15) is 16.9 Å². The van der Waals surface area contributed by atoms with Crippen LogP contribution in [0.3, 0.4) is 0 Å². The van der Waals surface area contributed by atoms with Gasteiger partial charge in [-0.3, -0.25) is 4.79 Å². The second kappa shape index (κ2) is 7.40. The molecule has 5 rings (SSSR count). The second-order valence-electron chi connectivity index (χ2n) is 8.61. The lowest BCUT2D eigenvalue weighted by Gasteiger charge is -2.34. The third-order valence-corrected chi connectivity index (χ3v) is 6.04. The van der Waals surface area contributed by atoms with Gasteiger partial charge in [0.05, 0.1) is 24.2 Å². The molecule has 32 heavy (non-hydrogen) atoms. The van der Waals surface area contributed by atoms with Crippen molar-refractivity contribution in [2.45, 2.75) is 37.7 Å². The molecule has 2 aromatic heterocycles. The van der Waals surface area contributed by atoms with Crippen molar-refractivity contribution in [2.75, 3.05) is 29.9 Å². The zero-order valence-corrected chi connectivity index (χ0v) is 17.5. The minimum absolute atomic E-state index is 0.157. The van der Waals surface area contributed by atoms with Gasteiger partial charge in [-0.25, -0.2) is 18.3 Å². The third-order valence-electron chi connectivity index (χ3n) is 6.04. The summed E-state index contributed by atoms with van der Waals surface area (Å²) in [5.41, 5.74) is 1.91. The number of aliphatic hydroxyl groups is 1. The topological polar surface area (TPSA) is 92.0 Å². The smallest absolute Gasteiger partial charge is 0.261 e. The zero-order valence-electron chi connectivity index (χ0n) is 17.5. The van der Waals surface area contributed by atoms with Gasteiger partial charge >= 0.3 is 0 Å². The highest BCUT2D eigenvalue weighted by atomic mass is 19.3. The second-order valence-corrected chi connectivity index (χ2v) is 8.61. The number of hydrogen-bond donors (Lipinski definition) is 2. The van der Waals surface area contributed by atoms with Crippen LogP contribution in [0.4, 0.5) is 20.2 Å². The summed E-state index contributed by atoms with van der Waals surface area (Å²) < 4.78 is 34.9. The van der Waals surface area contributed by atoms with Gasteiger partial charge in [-0.15, -0.1) is 0 Å². The van der Waals surface area contributed by atoms with Crippen LogP contribution < -0.4 is 15.0 Å². The molecule has 0 unspecified atom stereocenters. The number of ether oxygens (including phenoxy) is 1. The summed E-state index contributed by atoms with van der Waals surface area (Å²) in [6, 6.07) is 5.28. The fourth-order valence-electron chi connectivity index (χ4n) is 4.25. The number of carbonyl (C=O) groups is 1. The first-order chi connectivity index (χ1) is 15.3. The van der Waals surface area contributed by atoms with E-state index in [0.717, 1.165) is 5.56 Å². The number of hydrogen-bond acceptors (Lipinski definition) is 6. The van der Waals surface area contributed by atoms with Crippen molar-refractivity contribution in [3.05, 3.63) is 47.9 Å². The number of rotatable bonds is 4. The number of anilines is 2. The van der Waals surface area contributed by atoms with E-state index in [1.54, 1.807) is 37.5 Å². The molecule has 1 aromatic carbocycles. The van der Waals surface area contributed by atoms with Crippen molar-refractivity contribution in [1.82, 2.24) is 14.6 Å². The van der Waals surface area contributed by atoms with Gasteiger partial charge in [0.25, 0.3) is 11.8 Å². The van der Waals surface area contributed by atoms with Gasteiger partial charge in [0.2, 0.25) is 0 Å². The molecule has 3 aromatic rings. The van der Waals surface area contributed by atoms with Gasteiger partial charge in [-0.1, -0.05) is 0 Å². The number of alkyl halides is 2. The molecule has 10 heteroatoms. The molecule has 0 saturated carbocycles. The Bertz CT molecular complexity index is 1190. The van der Waals surface area contributed by atoms with E-state index in [0.29, 0.717) is 34.8 Å². The van der Waals surface area contributed by atoms with Crippen LogP contribution in [0, 0.1) is 0 Å². The first kappa shape index (κ1) is 20.6. The summed E-state index contributed by atoms with van der Waals surface area (Å²) in [6.07, 6.45) is 4.67. The molecule has 1 saturated heterocycles. The Balaban J connectivity index is 1.50. The lowest BCUT2D eigenvalue weighted by atomic mass is 9.99. The minimum Gasteiger partial charge on any atom is -0.484 e. The molecule has 1 fully saturated rings. The molecule has 0 spiro atoms. The average Bonchev–Trinajstić information content (AvgIpc) is 3.34. The van der Waals surface area contributed by atoms with Crippen molar-refractivity contribution in [2.24, 2.45) is 0 Å². The number of aromatic nitrogens is 3. The normalized spacial score (nSPS) is 21.9. The van der Waals surface area contributed by atoms with E-state index in [4.69, 9.17) is 4.74 Å². The quantitative estimate of drug-likeness (QED) is 0.644. The van der Waals surface area contributed by atoms with E-state index in [2.05, 4.69) is 15.4 Å². The van der Waals surface area contributed by atoms with Gasteiger partial charge in [0, 0.05) is 56.4 Å². The molecule has 4 heterocycles. The maximum absolute atomic E-state index is 13.7. The number of piperidine rings is 1. The van der Waals surface area contributed by atoms with Crippen molar-refractivity contribution in [3.8, 4) is 5.75 Å². The largest absolute Gasteiger partial charge is 0.484 e. The molecule has 1 atom stereocenters. The van der Waals surface area contributed by atoms with Crippen LogP contribution >= 0.6 is 0 Å². The molecule has 168 valence electrons. The van der Waals surface area contributed by atoms with E-state index in [-0.39, 0.29) is 32.5 Å². The van der Waals surface area contributed by atoms with Gasteiger partial charge < -0.3 is 20.1 Å². The Hall–Kier alpha value is -3.27. The van der Waals surface area contributed by atoms with Crippen LogP contribution in [0.2, 0.25) is 0 Å². The van der Waals surface area contributed by atoms with Crippen molar-refractivity contribution >= 4 is 22.9 Å². The molecule has 8 nitrogen and oxygen atoms in total. The highest BCUT2D eigenvalue weighted by Crippen LogP contribution is 2.43. The fourth-order valence-corrected chi connectivity index (χ4v) is 4.25. The lowest BCUT2D eigenvalue weighted by molar-refractivity contribution is -0.0220. The summed E-state index contributed by atoms with van der Waals surface area (Å²) in [5.74, 6) is -2.50. The maximum atomic E-state index is 13.7. The molecule has 2 aliphatic heterocycles. The van der Waals surface area contributed by atoms with Crippen LogP contribution in [0.1, 0.15) is 35.7 Å². The first-order valence-corrected chi connectivity index (χ1v) is 10.5. The van der Waals surface area contributed by atoms with Crippen molar-refractivity contribution < 1.29 is 23.4 Å². The van der Waals surface area contributed by atoms with Crippen molar-refractivity contribution in [1.29, 1.82) is 0 Å². The Morgan fingerprint density at radius 2 is 2.09 bits per heavy atom. The van der Waals surface area contributed by atoms with E-state index >= 15 is 0 Å². The molecule has 0 radical (unpaired) electrons. The first-order valence-electron chi connectivity index (χ1n) is 10.5. The van der Waals surface area contributed by atoms with Crippen LogP contribution in [0.25, 0.3) is 5.65 Å². The summed E-state index contributed by atoms with van der Waals surface area (Å²) in [6.45, 7) is 1.95. The molecule has 0 bridgehead atoms. The Kier molecular flexibility index (Phi) is 4.77. The monoisotopic (exact) mass is 443 g/mol. The summed E-state index contributed by atoms with van der Waals surface area (Å²) in [4.78, 5) is 19.1. The lowest BCUT2D eigenvalue weighted by Crippen LogP contribution is -2.39. The van der Waals surface area contributed by atoms with Crippen LogP contribution in [0.5, 0.6) is 5.75 Å². The van der Waals surface area contributed by atoms with Crippen molar-refractivity contribution in [3.63, 3.8) is 0 Å². The van der Waals surface area contributed by atoms with E-state index in [9.17, 15) is 18.7 Å². The summed E-state index contributed by atoms with van der Waals surface area (Å²) in [7, 11) is 0.